The molecule has 0 saturated heterocycles. The number of fused-ring (bicyclic) bond motifs is 1. The van der Waals surface area contributed by atoms with Gasteiger partial charge < -0.3 is 10.1 Å². The fourth-order valence-corrected chi connectivity index (χ4v) is 3.54. The van der Waals surface area contributed by atoms with E-state index in [1.807, 2.05) is 6.92 Å². The van der Waals surface area contributed by atoms with Gasteiger partial charge in [0.25, 0.3) is 11.8 Å². The fourth-order valence-electron chi connectivity index (χ4n) is 3.21. The molecule has 0 unspecified atom stereocenters. The number of carbonyl (C=O) groups is 3. The number of nitrogens with zero attached hydrogens (tertiary/aromatic N) is 1. The monoisotopic (exact) mass is 434 g/mol. The van der Waals surface area contributed by atoms with Gasteiger partial charge in [0.2, 0.25) is 5.91 Å². The number of rotatable bonds is 7. The molecule has 0 spiro atoms. The van der Waals surface area contributed by atoms with Crippen LogP contribution in [-0.2, 0) is 4.79 Å². The van der Waals surface area contributed by atoms with Gasteiger partial charge in [0, 0.05) is 5.69 Å². The highest BCUT2D eigenvalue weighted by Gasteiger charge is 2.43. The average molecular weight is 435 g/mol. The molecule has 29 heavy (non-hydrogen) atoms. The van der Waals surface area contributed by atoms with Crippen molar-refractivity contribution in [1.82, 2.24) is 4.90 Å². The van der Waals surface area contributed by atoms with Crippen molar-refractivity contribution in [3.63, 3.8) is 0 Å². The van der Waals surface area contributed by atoms with Gasteiger partial charge in [-0.15, -0.1) is 0 Å². The molecule has 0 aliphatic carbocycles. The second-order valence-electron chi connectivity index (χ2n) is 6.67. The molecule has 0 aromatic heterocycles. The number of ether oxygens (including phenoxy) is 1. The summed E-state index contributed by atoms with van der Waals surface area (Å²) in [4.78, 5) is 39.8. The van der Waals surface area contributed by atoms with E-state index < -0.39 is 23.8 Å². The second kappa shape index (κ2) is 8.84. The summed E-state index contributed by atoms with van der Waals surface area (Å²) in [6, 6.07) is 8.60. The lowest BCUT2D eigenvalue weighted by Gasteiger charge is -2.25. The molecule has 6 nitrogen and oxygen atoms in total. The summed E-state index contributed by atoms with van der Waals surface area (Å²) in [6.45, 7) is 1.97. The zero-order valence-electron chi connectivity index (χ0n) is 16.0. The SMILES string of the molecule is CCCC[C@@H](C(=O)Nc1ccc(OC)cc1)N1C(=O)c2cc(Cl)c(Cl)cc2C1=O. The molecule has 1 heterocycles. The predicted octanol–water partition coefficient (Wildman–Crippen LogP) is 4.80. The number of carbonyl (C=O) groups excluding carboxylic acids is 3. The highest BCUT2D eigenvalue weighted by molar-refractivity contribution is 6.43. The first kappa shape index (κ1) is 21.1. The minimum atomic E-state index is -0.943. The normalized spacial score (nSPS) is 14.0. The van der Waals surface area contributed by atoms with Crippen molar-refractivity contribution in [1.29, 1.82) is 0 Å². The van der Waals surface area contributed by atoms with Crippen LogP contribution in [0.25, 0.3) is 0 Å². The van der Waals surface area contributed by atoms with Crippen LogP contribution in [0.1, 0.15) is 46.9 Å². The van der Waals surface area contributed by atoms with E-state index in [0.717, 1.165) is 11.3 Å². The molecule has 1 aliphatic rings. The summed E-state index contributed by atoms with van der Waals surface area (Å²) in [5, 5.41) is 3.14. The van der Waals surface area contributed by atoms with Crippen LogP contribution in [0.5, 0.6) is 5.75 Å². The number of halogens is 2. The van der Waals surface area contributed by atoms with Crippen LogP contribution >= 0.6 is 23.2 Å². The first-order valence-electron chi connectivity index (χ1n) is 9.19. The van der Waals surface area contributed by atoms with E-state index in [2.05, 4.69) is 5.32 Å². The maximum atomic E-state index is 13.0. The van der Waals surface area contributed by atoms with Gasteiger partial charge in [-0.05, 0) is 42.8 Å². The van der Waals surface area contributed by atoms with Crippen molar-refractivity contribution < 1.29 is 19.1 Å². The first-order chi connectivity index (χ1) is 13.9. The number of hydrogen-bond donors (Lipinski definition) is 1. The van der Waals surface area contributed by atoms with Crippen LogP contribution in [-0.4, -0.2) is 35.8 Å². The van der Waals surface area contributed by atoms with Crippen molar-refractivity contribution in [2.24, 2.45) is 0 Å². The molecule has 8 heteroatoms. The third kappa shape index (κ3) is 4.23. The number of benzene rings is 2. The van der Waals surface area contributed by atoms with Crippen molar-refractivity contribution >= 4 is 46.6 Å². The molecule has 0 bridgehead atoms. The topological polar surface area (TPSA) is 75.7 Å². The maximum Gasteiger partial charge on any atom is 0.262 e. The van der Waals surface area contributed by atoms with Gasteiger partial charge in [0.15, 0.2) is 0 Å². The van der Waals surface area contributed by atoms with E-state index in [1.54, 1.807) is 31.4 Å². The Hall–Kier alpha value is -2.57. The maximum absolute atomic E-state index is 13.0. The Morgan fingerprint density at radius 1 is 1.07 bits per heavy atom. The molecule has 1 aliphatic heterocycles. The number of nitrogens with one attached hydrogen (secondary N) is 1. The van der Waals surface area contributed by atoms with Crippen LogP contribution in [0.4, 0.5) is 5.69 Å². The average Bonchev–Trinajstić information content (AvgIpc) is 2.94. The smallest absolute Gasteiger partial charge is 0.262 e. The molecule has 0 fully saturated rings. The van der Waals surface area contributed by atoms with Gasteiger partial charge in [-0.3, -0.25) is 19.3 Å². The number of unbranched alkanes of at least 4 members (excludes halogenated alkanes) is 1. The molecule has 1 atom stereocenters. The van der Waals surface area contributed by atoms with Crippen LogP contribution in [0.2, 0.25) is 10.0 Å². The molecule has 1 N–H and O–H groups in total. The number of hydrogen-bond acceptors (Lipinski definition) is 4. The van der Waals surface area contributed by atoms with Crippen molar-refractivity contribution in [3.8, 4) is 5.75 Å². The first-order valence-corrected chi connectivity index (χ1v) is 9.94. The van der Waals surface area contributed by atoms with Crippen LogP contribution in [0.3, 0.4) is 0 Å². The van der Waals surface area contributed by atoms with E-state index >= 15 is 0 Å². The van der Waals surface area contributed by atoms with Gasteiger partial charge in [-0.2, -0.15) is 0 Å². The van der Waals surface area contributed by atoms with Crippen LogP contribution in [0.15, 0.2) is 36.4 Å². The molecular formula is C21H20Cl2N2O4. The highest BCUT2D eigenvalue weighted by Crippen LogP contribution is 2.33. The Labute approximate surface area is 178 Å². The Morgan fingerprint density at radius 2 is 1.62 bits per heavy atom. The lowest BCUT2D eigenvalue weighted by molar-refractivity contribution is -0.120. The summed E-state index contributed by atoms with van der Waals surface area (Å²) < 4.78 is 5.11. The third-order valence-electron chi connectivity index (χ3n) is 4.76. The summed E-state index contributed by atoms with van der Waals surface area (Å²) in [5.41, 5.74) is 0.853. The van der Waals surface area contributed by atoms with E-state index in [9.17, 15) is 14.4 Å². The van der Waals surface area contributed by atoms with Gasteiger partial charge in [0.05, 0.1) is 28.3 Å². The van der Waals surface area contributed by atoms with Gasteiger partial charge in [0.1, 0.15) is 11.8 Å². The molecule has 3 amide bonds. The summed E-state index contributed by atoms with van der Waals surface area (Å²) in [5.74, 6) is -0.876. The quantitative estimate of drug-likeness (QED) is 0.635. The number of imide groups is 1. The van der Waals surface area contributed by atoms with Crippen LogP contribution < -0.4 is 10.1 Å². The lowest BCUT2D eigenvalue weighted by Crippen LogP contribution is -2.47. The van der Waals surface area contributed by atoms with E-state index in [-0.39, 0.29) is 21.2 Å². The van der Waals surface area contributed by atoms with Gasteiger partial charge in [-0.25, -0.2) is 0 Å². The molecular weight excluding hydrogens is 415 g/mol. The van der Waals surface area contributed by atoms with E-state index in [4.69, 9.17) is 27.9 Å². The van der Waals surface area contributed by atoms with Crippen molar-refractivity contribution in [2.75, 3.05) is 12.4 Å². The Bertz CT molecular complexity index is 919. The second-order valence-corrected chi connectivity index (χ2v) is 7.48. The third-order valence-corrected chi connectivity index (χ3v) is 5.48. The zero-order chi connectivity index (χ0) is 21.1. The van der Waals surface area contributed by atoms with Crippen molar-refractivity contribution in [2.45, 2.75) is 32.2 Å². The van der Waals surface area contributed by atoms with Gasteiger partial charge >= 0.3 is 0 Å². The number of methoxy groups -OCH3 is 1. The predicted molar refractivity (Wildman–Crippen MR) is 112 cm³/mol. The highest BCUT2D eigenvalue weighted by atomic mass is 35.5. The van der Waals surface area contributed by atoms with E-state index in [0.29, 0.717) is 24.3 Å². The molecule has 152 valence electrons. The molecule has 3 rings (SSSR count). The van der Waals surface area contributed by atoms with E-state index in [1.165, 1.54) is 12.1 Å². The Kier molecular flexibility index (Phi) is 6.45. The summed E-state index contributed by atoms with van der Waals surface area (Å²) >= 11 is 12.0. The standard InChI is InChI=1S/C21H20Cl2N2O4/c1-3-4-5-18(19(26)24-12-6-8-13(29-2)9-7-12)25-20(27)14-10-16(22)17(23)11-15(14)21(25)28/h6-11,18H,3-5H2,1-2H3,(H,24,26)/t18-/m0/s1. The fraction of sp³-hybridized carbons (Fsp3) is 0.286. The molecule has 2 aromatic carbocycles. The summed E-state index contributed by atoms with van der Waals surface area (Å²) in [6.07, 6.45) is 1.84. The van der Waals surface area contributed by atoms with Crippen molar-refractivity contribution in [3.05, 3.63) is 57.6 Å². The largest absolute Gasteiger partial charge is 0.497 e. The molecule has 2 aromatic rings. The minimum Gasteiger partial charge on any atom is -0.497 e. The number of anilines is 1. The summed E-state index contributed by atoms with van der Waals surface area (Å²) in [7, 11) is 1.55. The van der Waals surface area contributed by atoms with Crippen LogP contribution in [0, 0.1) is 0 Å². The Balaban J connectivity index is 1.88. The van der Waals surface area contributed by atoms with Gasteiger partial charge in [-0.1, -0.05) is 43.0 Å². The number of amides is 3. The minimum absolute atomic E-state index is 0.156. The molecule has 0 saturated carbocycles. The zero-order valence-corrected chi connectivity index (χ0v) is 17.5. The Morgan fingerprint density at radius 3 is 2.10 bits per heavy atom. The molecule has 0 radical (unpaired) electrons. The lowest BCUT2D eigenvalue weighted by atomic mass is 10.1.